The van der Waals surface area contributed by atoms with Gasteiger partial charge in [-0.3, -0.25) is 38.0 Å². The molecule has 0 bridgehead atoms. The summed E-state index contributed by atoms with van der Waals surface area (Å²) in [4.78, 5) is 84.8. The van der Waals surface area contributed by atoms with Gasteiger partial charge in [0.05, 0.1) is 95.7 Å². The number of Topliss-reactive ketones (excluding diaryl/α,β-unsaturated/α-hetero) is 1. The van der Waals surface area contributed by atoms with E-state index in [-0.39, 0.29) is 132 Å². The largest absolute Gasteiger partial charge is 0.393 e. The Kier molecular flexibility index (Phi) is 21.5. The average molecular weight is 1110 g/mol. The number of aliphatic hydroxyl groups is 1. The molecule has 2 aromatic carbocycles. The summed E-state index contributed by atoms with van der Waals surface area (Å²) in [6.07, 6.45) is 5.20. The van der Waals surface area contributed by atoms with Crippen molar-refractivity contribution >= 4 is 63.1 Å². The van der Waals surface area contributed by atoms with Gasteiger partial charge in [-0.2, -0.15) is 8.42 Å². The van der Waals surface area contributed by atoms with Crippen molar-refractivity contribution in [3.05, 3.63) is 77.1 Å². The highest BCUT2D eigenvalue weighted by Gasteiger charge is 2.45. The van der Waals surface area contributed by atoms with E-state index in [1.54, 1.807) is 19.1 Å². The number of carbonyl (C=O) groups is 6. The smallest absolute Gasteiger partial charge is 0.333 e. The zero-order chi connectivity index (χ0) is 55.9. The lowest BCUT2D eigenvalue weighted by atomic mass is 9.89. The van der Waals surface area contributed by atoms with Crippen molar-refractivity contribution in [1.82, 2.24) is 20.5 Å². The third-order valence-electron chi connectivity index (χ3n) is 14.9. The molecule has 0 spiro atoms. The number of aromatic nitrogens is 2. The van der Waals surface area contributed by atoms with Crippen molar-refractivity contribution in [3.8, 4) is 0 Å². The number of imide groups is 1. The second-order valence-electron chi connectivity index (χ2n) is 21.0. The number of carbonyl (C=O) groups excluding carboxylic acids is 6. The van der Waals surface area contributed by atoms with Crippen LogP contribution in [-0.2, 0) is 72.1 Å². The van der Waals surface area contributed by atoms with E-state index in [9.17, 15) is 42.3 Å². The van der Waals surface area contributed by atoms with Gasteiger partial charge in [-0.1, -0.05) is 62.2 Å². The number of hydrogen-bond donors (Lipinski definition) is 7. The maximum atomic E-state index is 14.0. The van der Waals surface area contributed by atoms with Crippen molar-refractivity contribution in [1.29, 1.82) is 0 Å². The number of ether oxygens (including phenoxy) is 3. The Morgan fingerprint density at radius 1 is 0.949 bits per heavy atom. The summed E-state index contributed by atoms with van der Waals surface area (Å²) in [5.74, 6) is -1.55. The van der Waals surface area contributed by atoms with Crippen molar-refractivity contribution in [2.75, 3.05) is 81.4 Å². The first-order valence-corrected chi connectivity index (χ1v) is 28.5. The van der Waals surface area contributed by atoms with Crippen molar-refractivity contribution in [2.45, 2.75) is 116 Å². The summed E-state index contributed by atoms with van der Waals surface area (Å²) < 4.78 is 46.8. The van der Waals surface area contributed by atoms with Crippen LogP contribution in [0.25, 0.3) is 0 Å². The van der Waals surface area contributed by atoms with E-state index >= 15 is 0 Å². The quantitative estimate of drug-likeness (QED) is 0.0276. The minimum absolute atomic E-state index is 0.00853. The fourth-order valence-electron chi connectivity index (χ4n) is 10.8. The van der Waals surface area contributed by atoms with E-state index in [0.29, 0.717) is 44.5 Å². The van der Waals surface area contributed by atoms with E-state index in [4.69, 9.17) is 34.3 Å². The number of benzene rings is 2. The predicted molar refractivity (Wildman–Crippen MR) is 287 cm³/mol. The lowest BCUT2D eigenvalue weighted by Crippen LogP contribution is -2.46. The Morgan fingerprint density at radius 3 is 2.36 bits per heavy atom. The van der Waals surface area contributed by atoms with Gasteiger partial charge in [0.2, 0.25) is 41.6 Å². The van der Waals surface area contributed by atoms with Gasteiger partial charge in [0, 0.05) is 62.1 Å². The Morgan fingerprint density at radius 2 is 1.67 bits per heavy atom. The van der Waals surface area contributed by atoms with Gasteiger partial charge in [-0.25, -0.2) is 14.5 Å². The van der Waals surface area contributed by atoms with Crippen LogP contribution in [0.1, 0.15) is 100 Å². The molecule has 7 rings (SSSR count). The number of primary amides is 1. The van der Waals surface area contributed by atoms with Gasteiger partial charge in [0.1, 0.15) is 0 Å². The molecule has 1 saturated carbocycles. The Balaban J connectivity index is 0.928. The third kappa shape index (κ3) is 16.7. The third-order valence-corrected chi connectivity index (χ3v) is 15.4. The summed E-state index contributed by atoms with van der Waals surface area (Å²) >= 11 is 0. The second-order valence-corrected chi connectivity index (χ2v) is 22.2. The molecular weight excluding hydrogens is 1030 g/mol. The maximum Gasteiger partial charge on any atom is 0.333 e. The lowest BCUT2D eigenvalue weighted by Gasteiger charge is -2.24. The number of aryl methyl sites for hydroxylation is 1. The van der Waals surface area contributed by atoms with Crippen LogP contribution in [0.2, 0.25) is 0 Å². The van der Waals surface area contributed by atoms with Crippen molar-refractivity contribution in [3.63, 3.8) is 0 Å². The standard InChI is InChI=1S/C54H76N10O13S/c1-34(2)49(61-47(67)17-21-74-23-25-76-26-24-75-22-20-64-48(68)27-35(3)53(64)70)46(66)29-38(8-6-18-57-54(55)71)51(69)59-40-13-10-36(11-14-40)31-62-33-58-50(60-44-15-12-37-7-4-5-9-42(37)44)43-16-19-63(52(43)62)41-28-39(45(65)30-41)32-77-78(56,72)73/h4-5,7,9-11,13-14,33-35,38-39,41,44-45,49,65H,6,8,12,15-32H2,1-3H3,(H7,55,56,57,59,61,67,69,71,72,73)/p+1/t35?,38-,39-,41+,44-,45-,49+/m1/s1. The van der Waals surface area contributed by atoms with Gasteiger partial charge in [0.25, 0.3) is 0 Å². The van der Waals surface area contributed by atoms with E-state index in [1.165, 1.54) is 16.0 Å². The van der Waals surface area contributed by atoms with E-state index in [2.05, 4.69) is 48.9 Å². The zero-order valence-electron chi connectivity index (χ0n) is 44.9. The molecule has 78 heavy (non-hydrogen) atoms. The summed E-state index contributed by atoms with van der Waals surface area (Å²) in [5.41, 5.74) is 10.3. The average Bonchev–Trinajstić information content (AvgIpc) is 4.23. The van der Waals surface area contributed by atoms with Gasteiger partial charge in [-0.15, -0.1) is 0 Å². The first-order valence-electron chi connectivity index (χ1n) is 27.0. The highest BCUT2D eigenvalue weighted by Crippen LogP contribution is 2.40. The van der Waals surface area contributed by atoms with Crippen LogP contribution in [0, 0.1) is 23.7 Å². The number of rotatable bonds is 31. The molecule has 23 nitrogen and oxygen atoms in total. The summed E-state index contributed by atoms with van der Waals surface area (Å²) in [6, 6.07) is 14.2. The lowest BCUT2D eigenvalue weighted by molar-refractivity contribution is -0.678. The summed E-state index contributed by atoms with van der Waals surface area (Å²) in [6.45, 7) is 7.96. The molecule has 1 aromatic heterocycles. The molecule has 2 aliphatic carbocycles. The van der Waals surface area contributed by atoms with E-state index in [1.807, 2.05) is 38.4 Å². The highest BCUT2D eigenvalue weighted by atomic mass is 32.2. The molecule has 7 atom stereocenters. The first-order chi connectivity index (χ1) is 37.3. The molecule has 1 saturated heterocycles. The molecule has 3 aromatic rings. The molecule has 2 aliphatic heterocycles. The fourth-order valence-corrected chi connectivity index (χ4v) is 11.2. The van der Waals surface area contributed by atoms with Crippen LogP contribution < -0.4 is 41.6 Å². The van der Waals surface area contributed by atoms with Gasteiger partial charge < -0.3 is 46.3 Å². The number of fused-ring (bicyclic) bond motifs is 2. The first kappa shape index (κ1) is 59.5. The van der Waals surface area contributed by atoms with Crippen LogP contribution in [0.3, 0.4) is 0 Å². The number of nitrogens with two attached hydrogens (primary N) is 2. The molecule has 3 heterocycles. The Labute approximate surface area is 456 Å². The van der Waals surface area contributed by atoms with Gasteiger partial charge >= 0.3 is 16.3 Å². The topological polar surface area (TPSA) is 317 Å². The number of ketones is 1. The molecule has 0 radical (unpaired) electrons. The SMILES string of the molecule is CC1CC(=O)N(CCOCCOCCOCCC(=O)N[C@H](C(=O)C[C@@H](CCCNC(N)=O)C(=O)Nc2ccc(C[n+]3cnc(N[C@@H]4CCc5ccccc54)c4c3N([C@H]3C[C@H](COS(N)(=O)=O)[C@H](O)C3)CC4)cc2)C(C)C)C1=O. The van der Waals surface area contributed by atoms with E-state index < -0.39 is 46.2 Å². The molecular formula is C54H77N10O13S+. The number of aliphatic hydroxyl groups excluding tert-OH is 1. The molecule has 24 heteroatoms. The van der Waals surface area contributed by atoms with Crippen LogP contribution in [0.5, 0.6) is 0 Å². The predicted octanol–water partition coefficient (Wildman–Crippen LogP) is 2.18. The number of urea groups is 1. The molecule has 1 unspecified atom stereocenters. The van der Waals surface area contributed by atoms with Gasteiger partial charge in [-0.05, 0) is 66.8 Å². The normalized spacial score (nSPS) is 20.7. The minimum Gasteiger partial charge on any atom is -0.393 e. The van der Waals surface area contributed by atoms with Crippen molar-refractivity contribution in [2.24, 2.45) is 34.5 Å². The number of likely N-dealkylation sites (tertiary alicyclic amines) is 1. The monoisotopic (exact) mass is 1110 g/mol. The number of anilines is 3. The van der Waals surface area contributed by atoms with Crippen LogP contribution >= 0.6 is 0 Å². The maximum absolute atomic E-state index is 14.0. The molecule has 4 aliphatic rings. The molecule has 2 fully saturated rings. The van der Waals surface area contributed by atoms with E-state index in [0.717, 1.165) is 35.6 Å². The Bertz CT molecular complexity index is 2700. The second kappa shape index (κ2) is 28.1. The number of hydrogen-bond acceptors (Lipinski definition) is 16. The minimum atomic E-state index is -4.18. The zero-order valence-corrected chi connectivity index (χ0v) is 45.7. The van der Waals surface area contributed by atoms with Crippen molar-refractivity contribution < 1.29 is 65.3 Å². The van der Waals surface area contributed by atoms with Crippen LogP contribution in [-0.4, -0.2) is 143 Å². The summed E-state index contributed by atoms with van der Waals surface area (Å²) in [5, 5.41) is 28.2. The van der Waals surface area contributed by atoms with Crippen LogP contribution in [0.15, 0.2) is 54.9 Å². The van der Waals surface area contributed by atoms with Gasteiger partial charge in [0.15, 0.2) is 5.78 Å². The molecule has 426 valence electrons. The Hall–Kier alpha value is -6.15. The molecule has 6 amide bonds. The number of amides is 6. The highest BCUT2D eigenvalue weighted by molar-refractivity contribution is 7.84. The fraction of sp³-hybridized carbons (Fsp3) is 0.593. The van der Waals surface area contributed by atoms with Crippen LogP contribution in [0.4, 0.5) is 22.1 Å². The number of nitrogens with zero attached hydrogens (tertiary/aromatic N) is 4. The summed E-state index contributed by atoms with van der Waals surface area (Å²) in [7, 11) is -4.18. The molecule has 9 N–H and O–H groups in total. The number of nitrogens with one attached hydrogen (secondary N) is 4.